The monoisotopic (exact) mass is 458 g/mol. The van der Waals surface area contributed by atoms with Gasteiger partial charge in [-0.25, -0.2) is 0 Å². The Balaban J connectivity index is 1.50. The average molecular weight is 459 g/mol. The summed E-state index contributed by atoms with van der Waals surface area (Å²) in [4.78, 5) is 30.0. The summed E-state index contributed by atoms with van der Waals surface area (Å²) in [5.41, 5.74) is 0.554. The molecule has 1 saturated heterocycles. The summed E-state index contributed by atoms with van der Waals surface area (Å²) >= 11 is 0. The molecule has 0 spiro atoms. The van der Waals surface area contributed by atoms with Crippen LogP contribution in [0.2, 0.25) is 0 Å². The fraction of sp³-hybridized carbons (Fsp3) is 0.931. The van der Waals surface area contributed by atoms with Crippen LogP contribution in [0.15, 0.2) is 0 Å². The van der Waals surface area contributed by atoms with Crippen molar-refractivity contribution in [1.82, 2.24) is 9.80 Å². The molecule has 0 bridgehead atoms. The van der Waals surface area contributed by atoms with Crippen molar-refractivity contribution in [3.63, 3.8) is 0 Å². The van der Waals surface area contributed by atoms with E-state index in [4.69, 9.17) is 0 Å². The van der Waals surface area contributed by atoms with E-state index in [0.29, 0.717) is 30.3 Å². The van der Waals surface area contributed by atoms with E-state index in [9.17, 15) is 9.59 Å². The highest BCUT2D eigenvalue weighted by Gasteiger charge is 2.62. The van der Waals surface area contributed by atoms with Crippen LogP contribution in [-0.2, 0) is 9.59 Å². The number of rotatable bonds is 8. The maximum absolute atomic E-state index is 13.1. The minimum absolute atomic E-state index is 0.273. The third-order valence-electron chi connectivity index (χ3n) is 11.0. The van der Waals surface area contributed by atoms with Crippen LogP contribution in [0.25, 0.3) is 0 Å². The molecule has 1 aliphatic heterocycles. The Kier molecular flexibility index (Phi) is 7.51. The molecule has 4 nitrogen and oxygen atoms in total. The lowest BCUT2D eigenvalue weighted by molar-refractivity contribution is -0.159. The number of fused-ring (bicyclic) bond motifs is 5. The first-order chi connectivity index (χ1) is 15.8. The number of hydrogen-bond acceptors (Lipinski definition) is 2. The standard InChI is InChI=1S/C29H50N2O2/c1-6-8-9-10-11-20-31(26(32)7-2)25-15-13-22-21-12-14-24-28(3,19-17-27(33)30(24)5)23(21)16-18-29(22,25)4/h21-25H,6-20H2,1-5H3/t21-,22-,23-,24+,25-,28+,29-/m0/s1. The Morgan fingerprint density at radius 1 is 0.939 bits per heavy atom. The van der Waals surface area contributed by atoms with Crippen molar-refractivity contribution in [2.24, 2.45) is 28.6 Å². The van der Waals surface area contributed by atoms with Crippen molar-refractivity contribution in [3.8, 4) is 0 Å². The SMILES string of the molecule is CCCCCCCN(C(=O)CC)[C@H]1CC[C@H]2[C@@H]3CC[C@H]4N(C)C(=O)CC[C@]4(C)[C@H]3CC[C@]12C. The Labute approximate surface area is 203 Å². The predicted molar refractivity (Wildman–Crippen MR) is 135 cm³/mol. The second-order valence-corrected chi connectivity index (χ2v) is 12.5. The van der Waals surface area contributed by atoms with Crippen molar-refractivity contribution >= 4 is 11.8 Å². The normalized spacial score (nSPS) is 40.2. The van der Waals surface area contributed by atoms with E-state index in [2.05, 4.69) is 37.6 Å². The Bertz CT molecular complexity index is 722. The summed E-state index contributed by atoms with van der Waals surface area (Å²) in [5.74, 6) is 3.00. The molecule has 2 amide bonds. The van der Waals surface area contributed by atoms with E-state index in [-0.39, 0.29) is 10.8 Å². The lowest BCUT2D eigenvalue weighted by atomic mass is 9.47. The molecule has 0 N–H and O–H groups in total. The topological polar surface area (TPSA) is 40.6 Å². The first-order valence-electron chi connectivity index (χ1n) is 14.3. The van der Waals surface area contributed by atoms with Crippen LogP contribution in [0.1, 0.15) is 118 Å². The van der Waals surface area contributed by atoms with E-state index in [1.807, 2.05) is 6.92 Å². The van der Waals surface area contributed by atoms with Crippen molar-refractivity contribution in [2.75, 3.05) is 13.6 Å². The molecule has 0 aromatic heterocycles. The van der Waals surface area contributed by atoms with Crippen LogP contribution in [0.4, 0.5) is 0 Å². The molecule has 4 aliphatic rings. The summed E-state index contributed by atoms with van der Waals surface area (Å²) < 4.78 is 0. The number of carbonyl (C=O) groups is 2. The lowest BCUT2D eigenvalue weighted by Gasteiger charge is -2.62. The summed E-state index contributed by atoms with van der Waals surface area (Å²) in [7, 11) is 2.05. The smallest absolute Gasteiger partial charge is 0.222 e. The largest absolute Gasteiger partial charge is 0.342 e. The molecule has 3 saturated carbocycles. The van der Waals surface area contributed by atoms with Crippen LogP contribution in [-0.4, -0.2) is 47.3 Å². The molecule has 3 aliphatic carbocycles. The fourth-order valence-electron chi connectivity index (χ4n) is 9.18. The van der Waals surface area contributed by atoms with E-state index < -0.39 is 0 Å². The molecule has 188 valence electrons. The molecule has 1 heterocycles. The maximum Gasteiger partial charge on any atom is 0.222 e. The summed E-state index contributed by atoms with van der Waals surface area (Å²) in [6.07, 6.45) is 16.2. The first-order valence-corrected chi connectivity index (χ1v) is 14.3. The molecule has 33 heavy (non-hydrogen) atoms. The van der Waals surface area contributed by atoms with Gasteiger partial charge in [0.25, 0.3) is 0 Å². The Morgan fingerprint density at radius 3 is 2.39 bits per heavy atom. The fourth-order valence-corrected chi connectivity index (χ4v) is 9.18. The van der Waals surface area contributed by atoms with Gasteiger partial charge in [-0.2, -0.15) is 0 Å². The molecule has 0 aromatic carbocycles. The second kappa shape index (κ2) is 9.90. The first kappa shape index (κ1) is 25.0. The van der Waals surface area contributed by atoms with E-state index >= 15 is 0 Å². The van der Waals surface area contributed by atoms with Crippen LogP contribution in [0.3, 0.4) is 0 Å². The Hall–Kier alpha value is -1.06. The van der Waals surface area contributed by atoms with E-state index in [0.717, 1.165) is 43.6 Å². The van der Waals surface area contributed by atoms with Crippen molar-refractivity contribution in [3.05, 3.63) is 0 Å². The highest BCUT2D eigenvalue weighted by Crippen LogP contribution is 2.65. The van der Waals surface area contributed by atoms with Crippen LogP contribution < -0.4 is 0 Å². The van der Waals surface area contributed by atoms with Crippen molar-refractivity contribution < 1.29 is 9.59 Å². The third kappa shape index (κ3) is 4.27. The number of unbranched alkanes of at least 4 members (excludes halogenated alkanes) is 4. The maximum atomic E-state index is 13.1. The van der Waals surface area contributed by atoms with E-state index in [1.54, 1.807) is 0 Å². The van der Waals surface area contributed by atoms with Gasteiger partial charge in [0, 0.05) is 38.5 Å². The third-order valence-corrected chi connectivity index (χ3v) is 11.0. The zero-order valence-electron chi connectivity index (χ0n) is 22.2. The van der Waals surface area contributed by atoms with Crippen LogP contribution >= 0.6 is 0 Å². The highest BCUT2D eigenvalue weighted by atomic mass is 16.2. The molecular formula is C29H50N2O2. The Morgan fingerprint density at radius 2 is 1.67 bits per heavy atom. The predicted octanol–water partition coefficient (Wildman–Crippen LogP) is 6.43. The summed E-state index contributed by atoms with van der Waals surface area (Å²) in [6.45, 7) is 10.3. The number of carbonyl (C=O) groups excluding carboxylic acids is 2. The molecule has 7 atom stereocenters. The lowest BCUT2D eigenvalue weighted by Crippen LogP contribution is -2.62. The molecule has 0 unspecified atom stereocenters. The number of hydrogen-bond donors (Lipinski definition) is 0. The van der Waals surface area contributed by atoms with Crippen LogP contribution in [0.5, 0.6) is 0 Å². The van der Waals surface area contributed by atoms with Crippen LogP contribution in [0, 0.1) is 28.6 Å². The molecule has 0 radical (unpaired) electrons. The van der Waals surface area contributed by atoms with Gasteiger partial charge < -0.3 is 9.80 Å². The molecule has 0 aromatic rings. The second-order valence-electron chi connectivity index (χ2n) is 12.5. The summed E-state index contributed by atoms with van der Waals surface area (Å²) in [5, 5.41) is 0. The van der Waals surface area contributed by atoms with Gasteiger partial charge in [-0.1, -0.05) is 53.4 Å². The van der Waals surface area contributed by atoms with Crippen molar-refractivity contribution in [1.29, 1.82) is 0 Å². The van der Waals surface area contributed by atoms with Gasteiger partial charge in [0.1, 0.15) is 0 Å². The van der Waals surface area contributed by atoms with Gasteiger partial charge in [-0.15, -0.1) is 0 Å². The van der Waals surface area contributed by atoms with E-state index in [1.165, 1.54) is 64.2 Å². The van der Waals surface area contributed by atoms with Gasteiger partial charge in [-0.05, 0) is 80.0 Å². The van der Waals surface area contributed by atoms with Gasteiger partial charge in [0.05, 0.1) is 0 Å². The molecule has 4 rings (SSSR count). The molecule has 4 fully saturated rings. The number of piperidine rings is 1. The zero-order chi connectivity index (χ0) is 23.8. The number of nitrogens with zero attached hydrogens (tertiary/aromatic N) is 2. The minimum Gasteiger partial charge on any atom is -0.342 e. The quantitative estimate of drug-likeness (QED) is 0.393. The van der Waals surface area contributed by atoms with Crippen molar-refractivity contribution in [2.45, 2.75) is 130 Å². The molecule has 4 heteroatoms. The van der Waals surface area contributed by atoms with Gasteiger partial charge in [-0.3, -0.25) is 9.59 Å². The molecular weight excluding hydrogens is 408 g/mol. The van der Waals surface area contributed by atoms with Gasteiger partial charge in [0.15, 0.2) is 0 Å². The van der Waals surface area contributed by atoms with Gasteiger partial charge >= 0.3 is 0 Å². The number of amides is 2. The van der Waals surface area contributed by atoms with Gasteiger partial charge in [0.2, 0.25) is 11.8 Å². The average Bonchev–Trinajstić information content (AvgIpc) is 3.15. The summed E-state index contributed by atoms with van der Waals surface area (Å²) in [6, 6.07) is 0.867. The zero-order valence-corrected chi connectivity index (χ0v) is 22.2. The minimum atomic E-state index is 0.273. The number of likely N-dealkylation sites (tertiary alicyclic amines) is 1. The highest BCUT2D eigenvalue weighted by molar-refractivity contribution is 5.77.